The molecular weight excluding hydrogens is 500 g/mol. The molecule has 1 saturated heterocycles. The van der Waals surface area contributed by atoms with Gasteiger partial charge in [0.1, 0.15) is 16.4 Å². The van der Waals surface area contributed by atoms with Gasteiger partial charge in [0.25, 0.3) is 11.8 Å². The fourth-order valence-electron chi connectivity index (χ4n) is 3.25. The standard InChI is InChI=1S/C25H28N4O7S/c1-15(21(30)28-16(2)24(32)34-3)27-22(31)20-14-37-23(29-20)19-6-4-17(5-7-19)12-26-25(33)36-13-18-8-10-35-11-9-18/h4-7,14,18H,1-2,8-13H2,3H3,(H,26,33)(H,27,31)(H,28,30). The van der Waals surface area contributed by atoms with Crippen LogP contribution in [0.3, 0.4) is 0 Å². The van der Waals surface area contributed by atoms with Gasteiger partial charge in [0.15, 0.2) is 0 Å². The normalized spacial score (nSPS) is 13.2. The molecule has 2 heterocycles. The average Bonchev–Trinajstić information content (AvgIpc) is 3.41. The summed E-state index contributed by atoms with van der Waals surface area (Å²) < 4.78 is 15.0. The number of rotatable bonds is 10. The molecule has 3 rings (SSSR count). The Labute approximate surface area is 217 Å². The largest absolute Gasteiger partial charge is 0.464 e. The zero-order chi connectivity index (χ0) is 26.8. The van der Waals surface area contributed by atoms with Crippen LogP contribution < -0.4 is 16.0 Å². The molecule has 0 atom stereocenters. The van der Waals surface area contributed by atoms with Crippen molar-refractivity contribution in [2.75, 3.05) is 26.9 Å². The van der Waals surface area contributed by atoms with Crippen molar-refractivity contribution in [3.05, 3.63) is 65.5 Å². The first-order chi connectivity index (χ1) is 17.8. The van der Waals surface area contributed by atoms with Crippen LogP contribution in [0.4, 0.5) is 4.79 Å². The fraction of sp³-hybridized carbons (Fsp3) is 0.320. The summed E-state index contributed by atoms with van der Waals surface area (Å²) in [6, 6.07) is 7.34. The third kappa shape index (κ3) is 8.26. The number of methoxy groups -OCH3 is 1. The van der Waals surface area contributed by atoms with Gasteiger partial charge in [-0.15, -0.1) is 11.3 Å². The molecule has 2 aromatic rings. The molecule has 1 aromatic carbocycles. The number of nitrogens with one attached hydrogen (secondary N) is 3. The van der Waals surface area contributed by atoms with Crippen molar-refractivity contribution >= 4 is 35.2 Å². The lowest BCUT2D eigenvalue weighted by Crippen LogP contribution is -2.35. The van der Waals surface area contributed by atoms with Crippen LogP contribution in [0.25, 0.3) is 10.6 Å². The highest BCUT2D eigenvalue weighted by atomic mass is 32.1. The molecule has 12 heteroatoms. The third-order valence-electron chi connectivity index (χ3n) is 5.40. The van der Waals surface area contributed by atoms with Crippen molar-refractivity contribution in [3.8, 4) is 10.6 Å². The number of carbonyl (C=O) groups is 4. The minimum Gasteiger partial charge on any atom is -0.464 e. The van der Waals surface area contributed by atoms with E-state index < -0.39 is 23.9 Å². The fourth-order valence-corrected chi connectivity index (χ4v) is 4.06. The highest BCUT2D eigenvalue weighted by Crippen LogP contribution is 2.24. The molecule has 3 N–H and O–H groups in total. The van der Waals surface area contributed by atoms with Gasteiger partial charge in [-0.2, -0.15) is 0 Å². The van der Waals surface area contributed by atoms with Gasteiger partial charge in [0, 0.05) is 30.7 Å². The van der Waals surface area contributed by atoms with Crippen molar-refractivity contribution < 1.29 is 33.4 Å². The van der Waals surface area contributed by atoms with Gasteiger partial charge in [0.2, 0.25) is 0 Å². The number of nitrogens with zero attached hydrogens (tertiary/aromatic N) is 1. The van der Waals surface area contributed by atoms with E-state index in [1.807, 2.05) is 24.3 Å². The Morgan fingerprint density at radius 2 is 1.78 bits per heavy atom. The number of benzene rings is 1. The van der Waals surface area contributed by atoms with Crippen LogP contribution in [0.5, 0.6) is 0 Å². The molecule has 1 fully saturated rings. The number of thiazole rings is 1. The van der Waals surface area contributed by atoms with Crippen LogP contribution in [0.1, 0.15) is 28.9 Å². The smallest absolute Gasteiger partial charge is 0.407 e. The predicted octanol–water partition coefficient (Wildman–Crippen LogP) is 2.51. The highest BCUT2D eigenvalue weighted by Gasteiger charge is 2.18. The molecule has 1 aliphatic rings. The van der Waals surface area contributed by atoms with Gasteiger partial charge in [-0.1, -0.05) is 37.4 Å². The molecular formula is C25H28N4O7S. The Balaban J connectivity index is 1.47. The third-order valence-corrected chi connectivity index (χ3v) is 6.29. The van der Waals surface area contributed by atoms with Gasteiger partial charge < -0.3 is 30.2 Å². The maximum atomic E-state index is 12.5. The van der Waals surface area contributed by atoms with Crippen molar-refractivity contribution in [1.29, 1.82) is 0 Å². The molecule has 3 amide bonds. The highest BCUT2D eigenvalue weighted by molar-refractivity contribution is 7.13. The summed E-state index contributed by atoms with van der Waals surface area (Å²) in [5, 5.41) is 9.40. The summed E-state index contributed by atoms with van der Waals surface area (Å²) in [6.45, 7) is 8.97. The molecule has 11 nitrogen and oxygen atoms in total. The average molecular weight is 529 g/mol. The number of esters is 1. The molecule has 0 bridgehead atoms. The van der Waals surface area contributed by atoms with Gasteiger partial charge in [-0.05, 0) is 24.3 Å². The Kier molecular flexibility index (Phi) is 9.92. The summed E-state index contributed by atoms with van der Waals surface area (Å²) in [5.74, 6) is -1.92. The first kappa shape index (κ1) is 27.6. The van der Waals surface area contributed by atoms with Crippen molar-refractivity contribution in [1.82, 2.24) is 20.9 Å². The Bertz CT molecular complexity index is 1170. The van der Waals surface area contributed by atoms with Gasteiger partial charge in [-0.3, -0.25) is 9.59 Å². The number of hydrogen-bond donors (Lipinski definition) is 3. The summed E-state index contributed by atoms with van der Waals surface area (Å²) in [5.41, 5.74) is 1.17. The maximum absolute atomic E-state index is 12.5. The maximum Gasteiger partial charge on any atom is 0.407 e. The number of carbonyl (C=O) groups excluding carboxylic acids is 4. The Morgan fingerprint density at radius 3 is 2.46 bits per heavy atom. The van der Waals surface area contributed by atoms with Crippen molar-refractivity contribution in [2.45, 2.75) is 19.4 Å². The van der Waals surface area contributed by atoms with Crippen LogP contribution >= 0.6 is 11.3 Å². The molecule has 37 heavy (non-hydrogen) atoms. The summed E-state index contributed by atoms with van der Waals surface area (Å²) in [4.78, 5) is 52.1. The van der Waals surface area contributed by atoms with Gasteiger partial charge >= 0.3 is 12.1 Å². The molecule has 0 radical (unpaired) electrons. The summed E-state index contributed by atoms with van der Waals surface area (Å²) in [7, 11) is 1.15. The van der Waals surface area contributed by atoms with Crippen LogP contribution in [-0.2, 0) is 30.3 Å². The number of ether oxygens (including phenoxy) is 3. The molecule has 196 valence electrons. The molecule has 1 aromatic heterocycles. The Morgan fingerprint density at radius 1 is 1.08 bits per heavy atom. The lowest BCUT2D eigenvalue weighted by atomic mass is 10.0. The quantitative estimate of drug-likeness (QED) is 0.315. The zero-order valence-electron chi connectivity index (χ0n) is 20.3. The van der Waals surface area contributed by atoms with E-state index in [1.165, 1.54) is 11.3 Å². The number of hydrogen-bond acceptors (Lipinski definition) is 9. The van der Waals surface area contributed by atoms with E-state index in [1.54, 1.807) is 5.38 Å². The molecule has 1 aliphatic heterocycles. The second-order valence-electron chi connectivity index (χ2n) is 8.10. The lowest BCUT2D eigenvalue weighted by molar-refractivity contribution is -0.137. The van der Waals surface area contributed by atoms with E-state index in [0.717, 1.165) is 31.1 Å². The minimum absolute atomic E-state index is 0.0961. The van der Waals surface area contributed by atoms with E-state index >= 15 is 0 Å². The van der Waals surface area contributed by atoms with Crippen LogP contribution in [0.15, 0.2) is 54.2 Å². The number of amides is 3. The monoisotopic (exact) mass is 528 g/mol. The van der Waals surface area contributed by atoms with Crippen molar-refractivity contribution in [3.63, 3.8) is 0 Å². The SMILES string of the molecule is C=C(NC(=O)c1csc(-c2ccc(CNC(=O)OCC3CCOCC3)cc2)n1)C(=O)NC(=C)C(=O)OC. The second-order valence-corrected chi connectivity index (χ2v) is 8.96. The molecule has 0 aliphatic carbocycles. The molecule has 0 saturated carbocycles. The van der Waals surface area contributed by atoms with Crippen LogP contribution in [-0.4, -0.2) is 55.8 Å². The van der Waals surface area contributed by atoms with E-state index in [0.29, 0.717) is 37.3 Å². The predicted molar refractivity (Wildman–Crippen MR) is 135 cm³/mol. The lowest BCUT2D eigenvalue weighted by Gasteiger charge is -2.21. The van der Waals surface area contributed by atoms with Crippen molar-refractivity contribution in [2.24, 2.45) is 5.92 Å². The first-order valence-corrected chi connectivity index (χ1v) is 12.3. The van der Waals surface area contributed by atoms with Crippen LogP contribution in [0, 0.1) is 5.92 Å². The molecule has 0 unspecified atom stereocenters. The first-order valence-electron chi connectivity index (χ1n) is 11.4. The summed E-state index contributed by atoms with van der Waals surface area (Å²) in [6.07, 6.45) is 1.33. The minimum atomic E-state index is -0.816. The van der Waals surface area contributed by atoms with Gasteiger partial charge in [-0.25, -0.2) is 14.6 Å². The van der Waals surface area contributed by atoms with E-state index in [9.17, 15) is 19.2 Å². The van der Waals surface area contributed by atoms with Crippen LogP contribution in [0.2, 0.25) is 0 Å². The number of alkyl carbamates (subject to hydrolysis) is 1. The van der Waals surface area contributed by atoms with E-state index in [-0.39, 0.29) is 17.1 Å². The Hall–Kier alpha value is -4.03. The van der Waals surface area contributed by atoms with Gasteiger partial charge in [0.05, 0.1) is 19.4 Å². The zero-order valence-corrected chi connectivity index (χ0v) is 21.2. The second kappa shape index (κ2) is 13.3. The molecule has 0 spiro atoms. The van der Waals surface area contributed by atoms with E-state index in [2.05, 4.69) is 38.8 Å². The summed E-state index contributed by atoms with van der Waals surface area (Å²) >= 11 is 1.25. The topological polar surface area (TPSA) is 145 Å². The van der Waals surface area contributed by atoms with E-state index in [4.69, 9.17) is 9.47 Å². The number of aromatic nitrogens is 1.